The van der Waals surface area contributed by atoms with Crippen molar-refractivity contribution in [1.82, 2.24) is 0 Å². The minimum atomic E-state index is 0. The van der Waals surface area contributed by atoms with E-state index in [1.54, 1.807) is 0 Å². The fourth-order valence-corrected chi connectivity index (χ4v) is 8.37. The van der Waals surface area contributed by atoms with Crippen molar-refractivity contribution in [3.8, 4) is 28.0 Å². The third-order valence-corrected chi connectivity index (χ3v) is 10.9. The maximum absolute atomic E-state index is 8.77. The first-order valence-electron chi connectivity index (χ1n) is 15.6. The van der Waals surface area contributed by atoms with Crippen LogP contribution < -0.4 is 4.65 Å². The molecule has 0 saturated carbocycles. The summed E-state index contributed by atoms with van der Waals surface area (Å²) in [6.45, 7) is 2.00. The van der Waals surface area contributed by atoms with Crippen LogP contribution in [-0.4, -0.2) is 25.9 Å². The molecule has 0 aliphatic carbocycles. The zero-order valence-corrected chi connectivity index (χ0v) is 28.8. The average molecular weight is 747 g/mol. The van der Waals surface area contributed by atoms with Gasteiger partial charge in [-0.2, -0.15) is 0 Å². The van der Waals surface area contributed by atoms with Crippen LogP contribution in [0.2, 0.25) is 0 Å². The Kier molecular flexibility index (Phi) is 12.7. The second kappa shape index (κ2) is 17.1. The van der Waals surface area contributed by atoms with Crippen LogP contribution in [0.1, 0.15) is 27.7 Å². The summed E-state index contributed by atoms with van der Waals surface area (Å²) in [7, 11) is 0.703. The van der Waals surface area contributed by atoms with Crippen LogP contribution in [0.5, 0.6) is 5.75 Å². The van der Waals surface area contributed by atoms with Crippen LogP contribution in [0.4, 0.5) is 0 Å². The van der Waals surface area contributed by atoms with Crippen LogP contribution in [0.15, 0.2) is 138 Å². The first kappa shape index (κ1) is 36.3. The first-order chi connectivity index (χ1) is 23.2. The Labute approximate surface area is 306 Å². The summed E-state index contributed by atoms with van der Waals surface area (Å²) >= 11 is 7.22. The summed E-state index contributed by atoms with van der Waals surface area (Å²) in [5.41, 5.74) is 4.72. The van der Waals surface area contributed by atoms with Crippen LogP contribution in [0, 0.1) is 0 Å². The predicted molar refractivity (Wildman–Crippen MR) is 219 cm³/mol. The SMILES string of the molecule is Brc1cccc(-c2ccc3sc4ccccc4c3c2)c1.C.C.C1CCOC1.O[B]Oc1cccc(-c2ccc3sc4ccccc4c3c2)c1. The maximum atomic E-state index is 8.77. The van der Waals surface area contributed by atoms with Gasteiger partial charge in [0.1, 0.15) is 5.75 Å². The topological polar surface area (TPSA) is 38.7 Å². The number of fused-ring (bicyclic) bond motifs is 6. The van der Waals surface area contributed by atoms with Crippen molar-refractivity contribution in [2.24, 2.45) is 0 Å². The Morgan fingerprint density at radius 3 is 1.53 bits per heavy atom. The molecule has 1 aliphatic rings. The molecule has 247 valence electrons. The molecule has 0 unspecified atom stereocenters. The summed E-state index contributed by atoms with van der Waals surface area (Å²) in [4.78, 5) is 0. The minimum absolute atomic E-state index is 0. The lowest BCUT2D eigenvalue weighted by atomic mass is 10.0. The van der Waals surface area contributed by atoms with E-state index in [1.807, 2.05) is 46.9 Å². The van der Waals surface area contributed by atoms with Crippen molar-refractivity contribution < 1.29 is 14.4 Å². The second-order valence-electron chi connectivity index (χ2n) is 11.2. The van der Waals surface area contributed by atoms with E-state index < -0.39 is 0 Å². The van der Waals surface area contributed by atoms with E-state index in [2.05, 4.69) is 125 Å². The van der Waals surface area contributed by atoms with E-state index in [1.165, 1.54) is 64.3 Å². The van der Waals surface area contributed by atoms with Crippen LogP contribution >= 0.6 is 38.6 Å². The average Bonchev–Trinajstić information content (AvgIpc) is 3.89. The van der Waals surface area contributed by atoms with Crippen molar-refractivity contribution in [1.29, 1.82) is 0 Å². The monoisotopic (exact) mass is 745 g/mol. The molecule has 1 aliphatic heterocycles. The van der Waals surface area contributed by atoms with E-state index >= 15 is 0 Å². The molecule has 0 spiro atoms. The molecule has 1 saturated heterocycles. The lowest BCUT2D eigenvalue weighted by Crippen LogP contribution is -1.99. The normalized spacial score (nSPS) is 12.0. The molecule has 2 aromatic heterocycles. The Balaban J connectivity index is 0.000000162. The third kappa shape index (κ3) is 8.43. The fourth-order valence-electron chi connectivity index (χ4n) is 5.80. The molecule has 1 N–H and O–H groups in total. The third-order valence-electron chi connectivity index (χ3n) is 8.09. The Morgan fingerprint density at radius 1 is 0.531 bits per heavy atom. The second-order valence-corrected chi connectivity index (χ2v) is 14.3. The summed E-state index contributed by atoms with van der Waals surface area (Å²) in [6, 6.07) is 46.5. The van der Waals surface area contributed by atoms with Crippen molar-refractivity contribution in [2.45, 2.75) is 27.7 Å². The number of thiophene rings is 2. The summed E-state index contributed by atoms with van der Waals surface area (Å²) in [6.07, 6.45) is 2.56. The van der Waals surface area contributed by atoms with Gasteiger partial charge in [0.05, 0.1) is 0 Å². The molecule has 7 heteroatoms. The van der Waals surface area contributed by atoms with Gasteiger partial charge in [0.15, 0.2) is 0 Å². The predicted octanol–water partition coefficient (Wildman–Crippen LogP) is 13.2. The maximum Gasteiger partial charge on any atom is 0.569 e. The van der Waals surface area contributed by atoms with E-state index in [0.717, 1.165) is 28.8 Å². The Hall–Kier alpha value is -3.98. The largest absolute Gasteiger partial charge is 0.569 e. The smallest absolute Gasteiger partial charge is 0.537 e. The van der Waals surface area contributed by atoms with Gasteiger partial charge in [-0.05, 0) is 95.8 Å². The molecule has 9 rings (SSSR count). The highest BCUT2D eigenvalue weighted by Crippen LogP contribution is 2.38. The molecule has 6 aromatic carbocycles. The molecule has 0 bridgehead atoms. The van der Waals surface area contributed by atoms with Gasteiger partial charge in [0.2, 0.25) is 0 Å². The molecular formula is C42H39BBrO3S2. The zero-order chi connectivity index (χ0) is 32.0. The highest BCUT2D eigenvalue weighted by molar-refractivity contribution is 9.10. The van der Waals surface area contributed by atoms with E-state index in [9.17, 15) is 0 Å². The van der Waals surface area contributed by atoms with Gasteiger partial charge in [-0.3, -0.25) is 0 Å². The first-order valence-corrected chi connectivity index (χ1v) is 18.0. The zero-order valence-electron chi connectivity index (χ0n) is 25.6. The number of rotatable bonds is 4. The number of benzene rings is 6. The highest BCUT2D eigenvalue weighted by Gasteiger charge is 2.08. The number of halogens is 1. The van der Waals surface area contributed by atoms with Gasteiger partial charge in [0.25, 0.3) is 0 Å². The van der Waals surface area contributed by atoms with Crippen molar-refractivity contribution in [2.75, 3.05) is 13.2 Å². The van der Waals surface area contributed by atoms with E-state index in [4.69, 9.17) is 14.4 Å². The molecule has 1 radical (unpaired) electrons. The standard InChI is InChI=1S/C18H12BO2S.C18H11BrS.C4H8O.2CH4/c20-19-21-14-5-3-4-12(10-14)13-8-9-18-16(11-13)15-6-1-2-7-17(15)22-18;19-14-5-3-4-12(10-14)13-8-9-18-16(11-13)15-6-1-2-7-17(15)20-18;1-2-4-5-3-1;;/h1-11,20H;1-11H;1-4H2;2*1H4. The summed E-state index contributed by atoms with van der Waals surface area (Å²) < 4.78 is 16.4. The van der Waals surface area contributed by atoms with Gasteiger partial charge in [-0.1, -0.05) is 104 Å². The van der Waals surface area contributed by atoms with Crippen molar-refractivity contribution in [3.63, 3.8) is 0 Å². The highest BCUT2D eigenvalue weighted by atomic mass is 79.9. The van der Waals surface area contributed by atoms with Gasteiger partial charge in [0, 0.05) is 58.0 Å². The van der Waals surface area contributed by atoms with Gasteiger partial charge < -0.3 is 14.4 Å². The number of ether oxygens (including phenoxy) is 1. The van der Waals surface area contributed by atoms with E-state index in [-0.39, 0.29) is 14.9 Å². The minimum Gasteiger partial charge on any atom is -0.537 e. The lowest BCUT2D eigenvalue weighted by Gasteiger charge is -2.06. The molecule has 3 heterocycles. The number of hydrogen-bond acceptors (Lipinski definition) is 5. The van der Waals surface area contributed by atoms with Gasteiger partial charge in [-0.25, -0.2) is 0 Å². The summed E-state index contributed by atoms with van der Waals surface area (Å²) in [5.74, 6) is 0.621. The lowest BCUT2D eigenvalue weighted by molar-refractivity contribution is 0.198. The van der Waals surface area contributed by atoms with Crippen molar-refractivity contribution in [3.05, 3.63) is 138 Å². The van der Waals surface area contributed by atoms with Crippen molar-refractivity contribution >= 4 is 86.6 Å². The quantitative estimate of drug-likeness (QED) is 0.182. The van der Waals surface area contributed by atoms with Crippen LogP contribution in [-0.2, 0) is 4.74 Å². The van der Waals surface area contributed by atoms with E-state index in [0.29, 0.717) is 13.4 Å². The molecule has 1 fully saturated rings. The molecule has 0 amide bonds. The van der Waals surface area contributed by atoms with Gasteiger partial charge in [-0.15, -0.1) is 22.7 Å². The molecule has 49 heavy (non-hydrogen) atoms. The number of hydrogen-bond donors (Lipinski definition) is 1. The van der Waals surface area contributed by atoms with Gasteiger partial charge >= 0.3 is 7.69 Å². The molecule has 0 atom stereocenters. The fraction of sp³-hybridized carbons (Fsp3) is 0.143. The molecular weight excluding hydrogens is 707 g/mol. The summed E-state index contributed by atoms with van der Waals surface area (Å²) in [5, 5.41) is 14.0. The molecule has 3 nitrogen and oxygen atoms in total. The Morgan fingerprint density at radius 2 is 1.02 bits per heavy atom. The molecule has 8 aromatic rings. The Bertz CT molecular complexity index is 2280. The van der Waals surface area contributed by atoms with Crippen LogP contribution in [0.25, 0.3) is 62.6 Å². The van der Waals surface area contributed by atoms with Crippen LogP contribution in [0.3, 0.4) is 0 Å².